The maximum atomic E-state index is 11.7. The fourth-order valence-electron chi connectivity index (χ4n) is 2.74. The summed E-state index contributed by atoms with van der Waals surface area (Å²) in [6, 6.07) is -1.11. The Kier molecular flexibility index (Phi) is 26.8. The normalized spacial score (nSPS) is 11.0. The second-order valence-corrected chi connectivity index (χ2v) is 6.68. The van der Waals surface area contributed by atoms with Gasteiger partial charge in [0.15, 0.2) is 0 Å². The van der Waals surface area contributed by atoms with Gasteiger partial charge in [0.2, 0.25) is 5.91 Å². The fourth-order valence-corrected chi connectivity index (χ4v) is 2.74. The first-order chi connectivity index (χ1) is 12.0. The van der Waals surface area contributed by atoms with Crippen molar-refractivity contribution in [3.63, 3.8) is 0 Å². The van der Waals surface area contributed by atoms with Crippen molar-refractivity contribution in [2.24, 2.45) is 0 Å². The first kappa shape index (κ1) is 32.0. The van der Waals surface area contributed by atoms with Crippen LogP contribution in [0.3, 0.4) is 0 Å². The Balaban J connectivity index is -0.00000288. The van der Waals surface area contributed by atoms with Gasteiger partial charge in [0, 0.05) is 12.8 Å². The average molecular weight is 432 g/mol. The Morgan fingerprint density at radius 1 is 0.778 bits per heavy atom. The maximum Gasteiger partial charge on any atom is 1.00 e. The van der Waals surface area contributed by atoms with E-state index in [9.17, 15) is 14.4 Å². The molecule has 154 valence electrons. The van der Waals surface area contributed by atoms with Gasteiger partial charge in [0.25, 0.3) is 0 Å². The first-order valence-electron chi connectivity index (χ1n) is 9.71. The SMILES string of the molecule is CCCCCCCCCCCCCC(=O)N[C@@H](CCC(=O)O)C(=O)O.[Cl-].[K+]. The second-order valence-electron chi connectivity index (χ2n) is 6.68. The molecule has 0 aliphatic rings. The summed E-state index contributed by atoms with van der Waals surface area (Å²) in [5.74, 6) is -2.56. The molecule has 0 aromatic heterocycles. The zero-order chi connectivity index (χ0) is 18.9. The van der Waals surface area contributed by atoms with E-state index in [0.717, 1.165) is 19.3 Å². The Morgan fingerprint density at radius 2 is 1.22 bits per heavy atom. The molecule has 1 atom stereocenters. The van der Waals surface area contributed by atoms with Gasteiger partial charge in [-0.3, -0.25) is 9.59 Å². The van der Waals surface area contributed by atoms with Crippen LogP contribution in [0.15, 0.2) is 0 Å². The number of carbonyl (C=O) groups excluding carboxylic acids is 1. The predicted molar refractivity (Wildman–Crippen MR) is 97.5 cm³/mol. The smallest absolute Gasteiger partial charge is 1.00 e. The van der Waals surface area contributed by atoms with E-state index < -0.39 is 18.0 Å². The molecule has 3 N–H and O–H groups in total. The van der Waals surface area contributed by atoms with Gasteiger partial charge in [-0.15, -0.1) is 0 Å². The van der Waals surface area contributed by atoms with Crippen LogP contribution >= 0.6 is 0 Å². The molecule has 0 heterocycles. The van der Waals surface area contributed by atoms with Crippen molar-refractivity contribution in [1.82, 2.24) is 5.32 Å². The molecule has 6 nitrogen and oxygen atoms in total. The molecule has 0 aromatic rings. The van der Waals surface area contributed by atoms with E-state index in [0.29, 0.717) is 6.42 Å². The Labute approximate surface area is 212 Å². The minimum Gasteiger partial charge on any atom is -1.00 e. The molecule has 0 aliphatic carbocycles. The van der Waals surface area contributed by atoms with E-state index in [1.807, 2.05) is 0 Å². The van der Waals surface area contributed by atoms with Crippen molar-refractivity contribution < 1.29 is 88.4 Å². The summed E-state index contributed by atoms with van der Waals surface area (Å²) in [7, 11) is 0. The van der Waals surface area contributed by atoms with Crippen molar-refractivity contribution in [3.8, 4) is 0 Å². The number of carboxylic acids is 2. The number of amides is 1. The molecule has 0 rings (SSSR count). The van der Waals surface area contributed by atoms with Crippen molar-refractivity contribution in [3.05, 3.63) is 0 Å². The van der Waals surface area contributed by atoms with Crippen molar-refractivity contribution in [1.29, 1.82) is 0 Å². The van der Waals surface area contributed by atoms with Gasteiger partial charge in [-0.2, -0.15) is 0 Å². The standard InChI is InChI=1S/C19H35NO5.ClH.K/c1-2-3-4-5-6-7-8-9-10-11-12-13-17(21)20-16(19(24)25)14-15-18(22)23;;/h16H,2-15H2,1H3,(H,20,21)(H,22,23)(H,24,25);1H;/q;;+1/p-1/t16-;;/m0../s1. The van der Waals surface area contributed by atoms with E-state index in [2.05, 4.69) is 12.2 Å². The molecule has 0 saturated carbocycles. The predicted octanol–water partition coefficient (Wildman–Crippen LogP) is -1.87. The van der Waals surface area contributed by atoms with Gasteiger partial charge >= 0.3 is 63.3 Å². The van der Waals surface area contributed by atoms with Crippen LogP contribution in [0.4, 0.5) is 0 Å². The molecule has 1 amide bonds. The Bertz CT molecular complexity index is 396. The maximum absolute atomic E-state index is 11.7. The molecule has 0 saturated heterocycles. The quantitative estimate of drug-likeness (QED) is 0.185. The molecular weight excluding hydrogens is 397 g/mol. The summed E-state index contributed by atoms with van der Waals surface area (Å²) in [5, 5.41) is 20.0. The topological polar surface area (TPSA) is 104 Å². The first-order valence-corrected chi connectivity index (χ1v) is 9.71. The van der Waals surface area contributed by atoms with E-state index >= 15 is 0 Å². The van der Waals surface area contributed by atoms with Crippen molar-refractivity contribution >= 4 is 17.8 Å². The number of aliphatic carboxylic acids is 2. The number of hydrogen-bond acceptors (Lipinski definition) is 3. The number of carbonyl (C=O) groups is 3. The van der Waals surface area contributed by atoms with E-state index in [-0.39, 0.29) is 82.5 Å². The summed E-state index contributed by atoms with van der Waals surface area (Å²) < 4.78 is 0. The van der Waals surface area contributed by atoms with Crippen molar-refractivity contribution in [2.75, 3.05) is 0 Å². The van der Waals surface area contributed by atoms with Gasteiger partial charge in [-0.05, 0) is 12.8 Å². The fraction of sp³-hybridized carbons (Fsp3) is 0.842. The van der Waals surface area contributed by atoms with Gasteiger partial charge in [-0.25, -0.2) is 4.79 Å². The zero-order valence-corrected chi connectivity index (χ0v) is 20.9. The third-order valence-corrected chi connectivity index (χ3v) is 4.29. The molecule has 0 unspecified atom stereocenters. The number of unbranched alkanes of at least 4 members (excludes halogenated alkanes) is 10. The molecule has 0 bridgehead atoms. The number of hydrogen-bond donors (Lipinski definition) is 3. The molecule has 0 fully saturated rings. The van der Waals surface area contributed by atoms with Gasteiger partial charge in [-0.1, -0.05) is 71.1 Å². The zero-order valence-electron chi connectivity index (χ0n) is 17.0. The third kappa shape index (κ3) is 22.5. The molecule has 0 aromatic carbocycles. The van der Waals surface area contributed by atoms with Crippen LogP contribution in [-0.2, 0) is 14.4 Å². The van der Waals surface area contributed by atoms with Crippen LogP contribution in [0.1, 0.15) is 96.8 Å². The number of rotatable bonds is 17. The molecule has 0 aliphatic heterocycles. The van der Waals surface area contributed by atoms with Crippen LogP contribution < -0.4 is 69.1 Å². The van der Waals surface area contributed by atoms with Gasteiger partial charge < -0.3 is 27.9 Å². The number of carboxylic acid groups (broad SMARTS) is 2. The van der Waals surface area contributed by atoms with Crippen LogP contribution in [-0.4, -0.2) is 34.1 Å². The van der Waals surface area contributed by atoms with Crippen LogP contribution in [0.25, 0.3) is 0 Å². The van der Waals surface area contributed by atoms with Gasteiger partial charge in [0.05, 0.1) is 0 Å². The molecule has 8 heteroatoms. The monoisotopic (exact) mass is 431 g/mol. The molecule has 0 radical (unpaired) electrons. The van der Waals surface area contributed by atoms with E-state index in [4.69, 9.17) is 10.2 Å². The molecule has 0 spiro atoms. The third-order valence-electron chi connectivity index (χ3n) is 4.29. The minimum absolute atomic E-state index is 0. The van der Waals surface area contributed by atoms with Gasteiger partial charge in [0.1, 0.15) is 6.04 Å². The average Bonchev–Trinajstić information content (AvgIpc) is 2.56. The van der Waals surface area contributed by atoms with Crippen LogP contribution in [0.5, 0.6) is 0 Å². The summed E-state index contributed by atoms with van der Waals surface area (Å²) in [6.07, 6.45) is 13.1. The van der Waals surface area contributed by atoms with Crippen LogP contribution in [0.2, 0.25) is 0 Å². The largest absolute Gasteiger partial charge is 1.00 e. The summed E-state index contributed by atoms with van der Waals surface area (Å²) in [5.41, 5.74) is 0. The van der Waals surface area contributed by atoms with Crippen LogP contribution in [0, 0.1) is 0 Å². The Morgan fingerprint density at radius 3 is 1.63 bits per heavy atom. The minimum atomic E-state index is -1.19. The number of halogens is 1. The molecular formula is C19H35ClKNO5. The summed E-state index contributed by atoms with van der Waals surface area (Å²) >= 11 is 0. The molecule has 27 heavy (non-hydrogen) atoms. The van der Waals surface area contributed by atoms with E-state index in [1.165, 1.54) is 51.4 Å². The summed E-state index contributed by atoms with van der Waals surface area (Å²) in [4.78, 5) is 33.2. The second kappa shape index (κ2) is 22.6. The summed E-state index contributed by atoms with van der Waals surface area (Å²) in [6.45, 7) is 2.22. The number of nitrogens with one attached hydrogen (secondary N) is 1. The van der Waals surface area contributed by atoms with E-state index in [1.54, 1.807) is 0 Å². The van der Waals surface area contributed by atoms with Crippen molar-refractivity contribution in [2.45, 2.75) is 103 Å². The Hall–Kier alpha value is 0.336.